The van der Waals surface area contributed by atoms with Crippen molar-refractivity contribution in [1.82, 2.24) is 15.1 Å². The largest absolute Gasteiger partial charge is 0.494 e. The lowest BCUT2D eigenvalue weighted by atomic mass is 10.1. The van der Waals surface area contributed by atoms with Gasteiger partial charge in [0.15, 0.2) is 0 Å². The number of pyridine rings is 1. The zero-order valence-electron chi connectivity index (χ0n) is 17.6. The second kappa shape index (κ2) is 9.19. The number of ether oxygens (including phenoxy) is 1. The number of hydrogen-bond acceptors (Lipinski definition) is 7. The molecule has 164 valence electrons. The summed E-state index contributed by atoms with van der Waals surface area (Å²) in [5.41, 5.74) is 2.69. The van der Waals surface area contributed by atoms with E-state index < -0.39 is 10.0 Å². The Morgan fingerprint density at radius 3 is 2.59 bits per heavy atom. The molecule has 9 heteroatoms. The number of nitrogens with one attached hydrogen (secondary N) is 1. The molecule has 0 unspecified atom stereocenters. The van der Waals surface area contributed by atoms with Crippen molar-refractivity contribution in [2.24, 2.45) is 0 Å². The summed E-state index contributed by atoms with van der Waals surface area (Å²) in [5, 5.41) is 4.00. The van der Waals surface area contributed by atoms with E-state index in [0.717, 1.165) is 11.1 Å². The van der Waals surface area contributed by atoms with E-state index in [9.17, 15) is 8.42 Å². The Bertz CT molecular complexity index is 1320. The molecule has 0 aliphatic heterocycles. The molecule has 0 fully saturated rings. The van der Waals surface area contributed by atoms with Crippen molar-refractivity contribution in [3.8, 4) is 17.1 Å². The molecule has 8 nitrogen and oxygen atoms in total. The first kappa shape index (κ1) is 21.5. The molecule has 0 saturated carbocycles. The highest BCUT2D eigenvalue weighted by Crippen LogP contribution is 2.26. The van der Waals surface area contributed by atoms with Crippen molar-refractivity contribution >= 4 is 15.7 Å². The van der Waals surface area contributed by atoms with Gasteiger partial charge in [0.1, 0.15) is 5.75 Å². The molecule has 0 aliphatic rings. The summed E-state index contributed by atoms with van der Waals surface area (Å²) in [5.74, 6) is 1.49. The van der Waals surface area contributed by atoms with Gasteiger partial charge < -0.3 is 9.26 Å². The summed E-state index contributed by atoms with van der Waals surface area (Å²) in [7, 11) is -3.80. The Balaban J connectivity index is 1.56. The highest BCUT2D eigenvalue weighted by Gasteiger charge is 2.18. The van der Waals surface area contributed by atoms with Gasteiger partial charge in [-0.1, -0.05) is 23.4 Å². The van der Waals surface area contributed by atoms with Gasteiger partial charge in [-0.3, -0.25) is 9.71 Å². The molecule has 0 bridgehead atoms. The highest BCUT2D eigenvalue weighted by atomic mass is 32.2. The molecule has 2 aromatic heterocycles. The van der Waals surface area contributed by atoms with E-state index >= 15 is 0 Å². The number of aryl methyl sites for hydroxylation is 1. The van der Waals surface area contributed by atoms with Crippen LogP contribution in [0.15, 0.2) is 76.4 Å². The summed E-state index contributed by atoms with van der Waals surface area (Å²) < 4.78 is 39.6. The van der Waals surface area contributed by atoms with Crippen LogP contribution in [-0.2, 0) is 16.4 Å². The molecule has 4 rings (SSSR count). The number of anilines is 1. The van der Waals surface area contributed by atoms with Gasteiger partial charge >= 0.3 is 0 Å². The van der Waals surface area contributed by atoms with Crippen LogP contribution in [0.3, 0.4) is 0 Å². The van der Waals surface area contributed by atoms with Crippen molar-refractivity contribution in [3.63, 3.8) is 0 Å². The van der Waals surface area contributed by atoms with Crippen molar-refractivity contribution in [1.29, 1.82) is 0 Å². The van der Waals surface area contributed by atoms with Gasteiger partial charge in [0, 0.05) is 18.0 Å². The fourth-order valence-electron chi connectivity index (χ4n) is 3.19. The van der Waals surface area contributed by atoms with Gasteiger partial charge in [-0.25, -0.2) is 8.42 Å². The number of hydrogen-bond donors (Lipinski definition) is 1. The Morgan fingerprint density at radius 1 is 1.06 bits per heavy atom. The molecule has 2 heterocycles. The molecule has 0 saturated heterocycles. The summed E-state index contributed by atoms with van der Waals surface area (Å²) in [4.78, 5) is 8.55. The average molecular weight is 451 g/mol. The Morgan fingerprint density at radius 2 is 1.84 bits per heavy atom. The summed E-state index contributed by atoms with van der Waals surface area (Å²) >= 11 is 0. The first-order valence-corrected chi connectivity index (χ1v) is 11.5. The van der Waals surface area contributed by atoms with E-state index in [1.54, 1.807) is 48.8 Å². The fraction of sp³-hybridized carbons (Fsp3) is 0.174. The molecule has 0 atom stereocenters. The summed E-state index contributed by atoms with van der Waals surface area (Å²) in [6.45, 7) is 4.21. The Labute approximate surface area is 186 Å². The van der Waals surface area contributed by atoms with Crippen LogP contribution in [-0.4, -0.2) is 30.1 Å². The highest BCUT2D eigenvalue weighted by molar-refractivity contribution is 7.92. The van der Waals surface area contributed by atoms with Crippen LogP contribution in [0.25, 0.3) is 11.4 Å². The van der Waals surface area contributed by atoms with Crippen LogP contribution in [0, 0.1) is 6.92 Å². The average Bonchev–Trinajstić information content (AvgIpc) is 3.26. The molecule has 0 amide bonds. The zero-order valence-corrected chi connectivity index (χ0v) is 18.5. The number of sulfonamides is 1. The van der Waals surface area contributed by atoms with Crippen molar-refractivity contribution < 1.29 is 17.7 Å². The molecule has 32 heavy (non-hydrogen) atoms. The smallest absolute Gasteiger partial charge is 0.261 e. The lowest BCUT2D eigenvalue weighted by Crippen LogP contribution is -2.14. The molecule has 0 spiro atoms. The van der Waals surface area contributed by atoms with Crippen LogP contribution in [0.5, 0.6) is 5.75 Å². The standard InChI is InChI=1S/C23H22N4O4S/c1-3-30-21-9-8-19(14-16(21)2)32(28,29)27-20-7-5-4-6-18(20)15-22-25-23(26-31-22)17-10-12-24-13-11-17/h4-14,27H,3,15H2,1-2H3. The third-order valence-electron chi connectivity index (χ3n) is 4.77. The minimum Gasteiger partial charge on any atom is -0.494 e. The number of aromatic nitrogens is 3. The van der Waals surface area contributed by atoms with Gasteiger partial charge in [-0.05, 0) is 61.4 Å². The Kier molecular flexibility index (Phi) is 6.18. The lowest BCUT2D eigenvalue weighted by Gasteiger charge is -2.13. The lowest BCUT2D eigenvalue weighted by molar-refractivity contribution is 0.337. The van der Waals surface area contributed by atoms with E-state index in [4.69, 9.17) is 9.26 Å². The third kappa shape index (κ3) is 4.78. The predicted molar refractivity (Wildman–Crippen MR) is 120 cm³/mol. The first-order chi connectivity index (χ1) is 15.5. The predicted octanol–water partition coefficient (Wildman–Crippen LogP) is 4.23. The molecule has 1 N–H and O–H groups in total. The van der Waals surface area contributed by atoms with Crippen molar-refractivity contribution in [2.45, 2.75) is 25.2 Å². The topological polar surface area (TPSA) is 107 Å². The van der Waals surface area contributed by atoms with Crippen LogP contribution in [0.1, 0.15) is 23.9 Å². The quantitative estimate of drug-likeness (QED) is 0.428. The van der Waals surface area contributed by atoms with E-state index in [0.29, 0.717) is 35.3 Å². The molecule has 4 aromatic rings. The first-order valence-electron chi connectivity index (χ1n) is 10.0. The fourth-order valence-corrected chi connectivity index (χ4v) is 4.38. The van der Waals surface area contributed by atoms with Crippen LogP contribution < -0.4 is 9.46 Å². The van der Waals surface area contributed by atoms with Gasteiger partial charge in [-0.15, -0.1) is 0 Å². The van der Waals surface area contributed by atoms with Gasteiger partial charge in [0.2, 0.25) is 11.7 Å². The van der Waals surface area contributed by atoms with E-state index in [1.807, 2.05) is 26.0 Å². The normalized spacial score (nSPS) is 11.3. The molecule has 0 radical (unpaired) electrons. The molecular formula is C23H22N4O4S. The molecular weight excluding hydrogens is 428 g/mol. The monoisotopic (exact) mass is 450 g/mol. The van der Waals surface area contributed by atoms with Gasteiger partial charge in [0.05, 0.1) is 23.6 Å². The van der Waals surface area contributed by atoms with Crippen molar-refractivity contribution in [3.05, 3.63) is 84.0 Å². The van der Waals surface area contributed by atoms with Crippen molar-refractivity contribution in [2.75, 3.05) is 11.3 Å². The van der Waals surface area contributed by atoms with E-state index in [-0.39, 0.29) is 11.3 Å². The van der Waals surface area contributed by atoms with E-state index in [2.05, 4.69) is 19.8 Å². The maximum Gasteiger partial charge on any atom is 0.261 e. The van der Waals surface area contributed by atoms with Gasteiger partial charge in [-0.2, -0.15) is 4.98 Å². The summed E-state index contributed by atoms with van der Waals surface area (Å²) in [6, 6.07) is 15.5. The number of para-hydroxylation sites is 1. The SMILES string of the molecule is CCOc1ccc(S(=O)(=O)Nc2ccccc2Cc2nc(-c3ccncc3)no2)cc1C. The summed E-state index contributed by atoms with van der Waals surface area (Å²) in [6.07, 6.45) is 3.58. The number of benzene rings is 2. The maximum atomic E-state index is 13.0. The second-order valence-electron chi connectivity index (χ2n) is 7.05. The molecule has 0 aliphatic carbocycles. The van der Waals surface area contributed by atoms with Crippen LogP contribution >= 0.6 is 0 Å². The third-order valence-corrected chi connectivity index (χ3v) is 6.13. The van der Waals surface area contributed by atoms with Crippen LogP contribution in [0.2, 0.25) is 0 Å². The minimum absolute atomic E-state index is 0.158. The van der Waals surface area contributed by atoms with E-state index in [1.165, 1.54) is 6.07 Å². The second-order valence-corrected chi connectivity index (χ2v) is 8.73. The maximum absolute atomic E-state index is 13.0. The van der Waals surface area contributed by atoms with Gasteiger partial charge in [0.25, 0.3) is 10.0 Å². The number of rotatable bonds is 8. The zero-order chi connectivity index (χ0) is 22.6. The number of nitrogens with zero attached hydrogens (tertiary/aromatic N) is 3. The Hall–Kier alpha value is -3.72. The molecule has 2 aromatic carbocycles. The van der Waals surface area contributed by atoms with Crippen LogP contribution in [0.4, 0.5) is 5.69 Å². The minimum atomic E-state index is -3.80.